The van der Waals surface area contributed by atoms with Crippen LogP contribution in [0.3, 0.4) is 0 Å². The van der Waals surface area contributed by atoms with E-state index in [1.165, 1.54) is 18.2 Å². The van der Waals surface area contributed by atoms with E-state index in [1.807, 2.05) is 6.07 Å². The Hall–Kier alpha value is -3.33. The van der Waals surface area contributed by atoms with Gasteiger partial charge in [-0.15, -0.1) is 0 Å². The number of hydrogen-bond acceptors (Lipinski definition) is 5. The van der Waals surface area contributed by atoms with E-state index in [2.05, 4.69) is 43.1 Å². The molecule has 35 heavy (non-hydrogen) atoms. The molecule has 3 aromatic rings. The third-order valence-electron chi connectivity index (χ3n) is 4.44. The second-order valence-corrected chi connectivity index (χ2v) is 7.94. The number of aromatic amines is 1. The molecule has 2 aromatic carbocycles. The second-order valence-electron chi connectivity index (χ2n) is 7.02. The van der Waals surface area contributed by atoms with Crippen LogP contribution in [0.1, 0.15) is 11.3 Å². The Labute approximate surface area is 208 Å². The van der Waals surface area contributed by atoms with Crippen molar-refractivity contribution in [2.45, 2.75) is 6.18 Å². The Morgan fingerprint density at radius 2 is 1.94 bits per heavy atom. The molecule has 0 aliphatic rings. The minimum absolute atomic E-state index is 0.0116. The number of aromatic nitrogens is 2. The first-order chi connectivity index (χ1) is 16.8. The standard InChI is InChI=1S/C24H21BrF3N3O4/c1-33-9-10-34-11-12-35-20-7-6-17(23-29-15-21(31-23)24(26,27)28)14-19(20)30-22(32)8-5-16-3-2-4-18(25)13-16/h2-4,6-7,13-15H,9-12H2,1H3,(H,29,31)(H,30,32). The van der Waals surface area contributed by atoms with E-state index in [0.29, 0.717) is 36.3 Å². The Morgan fingerprint density at radius 3 is 2.66 bits per heavy atom. The summed E-state index contributed by atoms with van der Waals surface area (Å²) in [5.74, 6) is 4.90. The maximum absolute atomic E-state index is 12.9. The fourth-order valence-electron chi connectivity index (χ4n) is 2.82. The van der Waals surface area contributed by atoms with Crippen molar-refractivity contribution >= 4 is 27.5 Å². The first-order valence-electron chi connectivity index (χ1n) is 10.3. The van der Waals surface area contributed by atoms with Crippen LogP contribution in [0.25, 0.3) is 11.4 Å². The highest BCUT2D eigenvalue weighted by Gasteiger charge is 2.33. The van der Waals surface area contributed by atoms with Gasteiger partial charge in [0.2, 0.25) is 0 Å². The molecule has 0 aliphatic heterocycles. The fraction of sp³-hybridized carbons (Fsp3) is 0.250. The minimum Gasteiger partial charge on any atom is -0.489 e. The minimum atomic E-state index is -4.56. The molecule has 11 heteroatoms. The highest BCUT2D eigenvalue weighted by atomic mass is 79.9. The number of carbonyl (C=O) groups is 1. The topological polar surface area (TPSA) is 85.5 Å². The van der Waals surface area contributed by atoms with Crippen LogP contribution >= 0.6 is 15.9 Å². The molecule has 0 radical (unpaired) electrons. The van der Waals surface area contributed by atoms with Crippen molar-refractivity contribution in [2.75, 3.05) is 38.9 Å². The van der Waals surface area contributed by atoms with E-state index in [4.69, 9.17) is 14.2 Å². The van der Waals surface area contributed by atoms with Crippen LogP contribution in [-0.4, -0.2) is 49.4 Å². The lowest BCUT2D eigenvalue weighted by atomic mass is 10.1. The van der Waals surface area contributed by atoms with Crippen LogP contribution in [0.2, 0.25) is 0 Å². The van der Waals surface area contributed by atoms with Crippen LogP contribution in [0, 0.1) is 11.8 Å². The second kappa shape index (κ2) is 12.4. The molecule has 3 rings (SSSR count). The van der Waals surface area contributed by atoms with Crippen LogP contribution in [-0.2, 0) is 20.4 Å². The third-order valence-corrected chi connectivity index (χ3v) is 4.94. The Morgan fingerprint density at radius 1 is 1.14 bits per heavy atom. The zero-order valence-electron chi connectivity index (χ0n) is 18.5. The number of anilines is 1. The summed E-state index contributed by atoms with van der Waals surface area (Å²) in [6.45, 7) is 1.28. The lowest BCUT2D eigenvalue weighted by molar-refractivity contribution is -0.140. The number of hydrogen-bond donors (Lipinski definition) is 2. The van der Waals surface area contributed by atoms with Crippen molar-refractivity contribution < 1.29 is 32.2 Å². The molecule has 0 atom stereocenters. The molecule has 0 spiro atoms. The lowest BCUT2D eigenvalue weighted by Gasteiger charge is -2.13. The van der Waals surface area contributed by atoms with E-state index in [9.17, 15) is 18.0 Å². The molecule has 0 aliphatic carbocycles. The summed E-state index contributed by atoms with van der Waals surface area (Å²) in [6.07, 6.45) is -3.85. The number of carbonyl (C=O) groups excluding carboxylic acids is 1. The van der Waals surface area contributed by atoms with E-state index in [0.717, 1.165) is 4.47 Å². The molecule has 0 bridgehead atoms. The molecule has 2 N–H and O–H groups in total. The molecule has 0 fully saturated rings. The summed E-state index contributed by atoms with van der Waals surface area (Å²) in [4.78, 5) is 18.5. The number of rotatable bonds is 9. The van der Waals surface area contributed by atoms with Crippen molar-refractivity contribution in [3.63, 3.8) is 0 Å². The SMILES string of the molecule is COCCOCCOc1ccc(-c2ncc(C(F)(F)F)[nH]2)cc1NC(=O)C#Cc1cccc(Br)c1. The van der Waals surface area contributed by atoms with Crippen molar-refractivity contribution in [1.82, 2.24) is 9.97 Å². The highest BCUT2D eigenvalue weighted by Crippen LogP contribution is 2.32. The molecule has 1 amide bonds. The van der Waals surface area contributed by atoms with Gasteiger partial charge in [0.1, 0.15) is 23.9 Å². The van der Waals surface area contributed by atoms with Crippen LogP contribution < -0.4 is 10.1 Å². The normalized spacial score (nSPS) is 11.0. The molecule has 0 unspecified atom stereocenters. The largest absolute Gasteiger partial charge is 0.489 e. The number of alkyl halides is 3. The number of benzene rings is 2. The molecule has 0 saturated carbocycles. The number of nitrogens with one attached hydrogen (secondary N) is 2. The average Bonchev–Trinajstić information content (AvgIpc) is 3.32. The van der Waals surface area contributed by atoms with Gasteiger partial charge in [-0.05, 0) is 36.4 Å². The van der Waals surface area contributed by atoms with Crippen molar-refractivity contribution in [2.24, 2.45) is 0 Å². The number of methoxy groups -OCH3 is 1. The number of nitrogens with zero attached hydrogens (tertiary/aromatic N) is 1. The van der Waals surface area contributed by atoms with Gasteiger partial charge in [-0.3, -0.25) is 4.79 Å². The van der Waals surface area contributed by atoms with E-state index < -0.39 is 17.8 Å². The molecular formula is C24H21BrF3N3O4. The number of H-pyrrole nitrogens is 1. The molecule has 184 valence electrons. The molecule has 1 aromatic heterocycles. The molecule has 7 nitrogen and oxygen atoms in total. The predicted molar refractivity (Wildman–Crippen MR) is 127 cm³/mol. The Kier molecular flexibility index (Phi) is 9.31. The fourth-order valence-corrected chi connectivity index (χ4v) is 3.22. The van der Waals surface area contributed by atoms with Gasteiger partial charge in [0.15, 0.2) is 0 Å². The number of halogens is 4. The zero-order valence-corrected chi connectivity index (χ0v) is 20.1. The summed E-state index contributed by atoms with van der Waals surface area (Å²) in [5, 5.41) is 2.63. The smallest absolute Gasteiger partial charge is 0.432 e. The Bertz CT molecular complexity index is 1220. The number of ether oxygens (including phenoxy) is 3. The van der Waals surface area contributed by atoms with Gasteiger partial charge in [0.25, 0.3) is 0 Å². The molecular weight excluding hydrogens is 531 g/mol. The predicted octanol–water partition coefficient (Wildman–Crippen LogP) is 4.89. The highest BCUT2D eigenvalue weighted by molar-refractivity contribution is 9.10. The summed E-state index contributed by atoms with van der Waals surface area (Å²) in [7, 11) is 1.56. The summed E-state index contributed by atoms with van der Waals surface area (Å²) < 4.78 is 55.6. The van der Waals surface area contributed by atoms with Crippen LogP contribution in [0.5, 0.6) is 5.75 Å². The van der Waals surface area contributed by atoms with Gasteiger partial charge in [-0.25, -0.2) is 4.98 Å². The molecule has 0 saturated heterocycles. The zero-order chi connectivity index (χ0) is 25.3. The summed E-state index contributed by atoms with van der Waals surface area (Å²) in [5.41, 5.74) is 0.187. The quantitative estimate of drug-likeness (QED) is 0.292. The number of amides is 1. The van der Waals surface area contributed by atoms with E-state index >= 15 is 0 Å². The summed E-state index contributed by atoms with van der Waals surface area (Å²) >= 11 is 3.34. The van der Waals surface area contributed by atoms with Crippen LogP contribution in [0.15, 0.2) is 53.1 Å². The maximum atomic E-state index is 12.9. The Balaban J connectivity index is 1.80. The van der Waals surface area contributed by atoms with Crippen molar-refractivity contribution in [3.8, 4) is 29.0 Å². The van der Waals surface area contributed by atoms with Gasteiger partial charge >= 0.3 is 12.1 Å². The monoisotopic (exact) mass is 551 g/mol. The van der Waals surface area contributed by atoms with Crippen LogP contribution in [0.4, 0.5) is 18.9 Å². The third kappa shape index (κ3) is 8.13. The lowest BCUT2D eigenvalue weighted by Crippen LogP contribution is -2.13. The van der Waals surface area contributed by atoms with Gasteiger partial charge < -0.3 is 24.5 Å². The van der Waals surface area contributed by atoms with Crippen molar-refractivity contribution in [3.05, 3.63) is 64.4 Å². The van der Waals surface area contributed by atoms with E-state index in [1.54, 1.807) is 25.3 Å². The van der Waals surface area contributed by atoms with Gasteiger partial charge in [0.05, 0.1) is 31.7 Å². The van der Waals surface area contributed by atoms with E-state index in [-0.39, 0.29) is 24.7 Å². The molecule has 1 heterocycles. The van der Waals surface area contributed by atoms with Gasteiger partial charge in [0, 0.05) is 28.6 Å². The maximum Gasteiger partial charge on any atom is 0.432 e. The average molecular weight is 552 g/mol. The summed E-state index contributed by atoms with van der Waals surface area (Å²) in [6, 6.07) is 11.6. The first kappa shape index (κ1) is 26.3. The van der Waals surface area contributed by atoms with Crippen molar-refractivity contribution in [1.29, 1.82) is 0 Å². The van der Waals surface area contributed by atoms with Gasteiger partial charge in [-0.1, -0.05) is 27.9 Å². The first-order valence-corrected chi connectivity index (χ1v) is 11.1. The van der Waals surface area contributed by atoms with Gasteiger partial charge in [-0.2, -0.15) is 13.2 Å². The number of imidazole rings is 1.